The largest absolute Gasteiger partial charge is 0.481 e. The predicted molar refractivity (Wildman–Crippen MR) is 161 cm³/mol. The first-order valence-electron chi connectivity index (χ1n) is 14.2. The fraction of sp³-hybridized carbons (Fsp3) is 0.281. The number of nitrogens with zero attached hydrogens (tertiary/aromatic N) is 1. The van der Waals surface area contributed by atoms with Crippen molar-refractivity contribution in [3.05, 3.63) is 91.0 Å². The quantitative estimate of drug-likeness (QED) is 0.0804. The summed E-state index contributed by atoms with van der Waals surface area (Å²) in [4.78, 5) is 66.2. The third-order valence-corrected chi connectivity index (χ3v) is 6.71. The fourth-order valence-corrected chi connectivity index (χ4v) is 4.62. The van der Waals surface area contributed by atoms with Crippen molar-refractivity contribution in [2.45, 2.75) is 57.4 Å². The zero-order valence-corrected chi connectivity index (χ0v) is 24.8. The average Bonchev–Trinajstić information content (AvgIpc) is 3.02. The van der Waals surface area contributed by atoms with Crippen molar-refractivity contribution in [2.75, 3.05) is 0 Å². The van der Waals surface area contributed by atoms with Crippen LogP contribution in [0.2, 0.25) is 0 Å². The Balaban J connectivity index is 2.11. The number of carbonyl (C=O) groups is 5. The Bertz CT molecular complexity index is 1380. The van der Waals surface area contributed by atoms with Crippen molar-refractivity contribution in [1.82, 2.24) is 15.5 Å². The second-order valence-corrected chi connectivity index (χ2v) is 9.71. The van der Waals surface area contributed by atoms with Crippen molar-refractivity contribution in [2.24, 2.45) is 0 Å². The summed E-state index contributed by atoms with van der Waals surface area (Å²) in [7, 11) is 0. The molecule has 3 rings (SSSR count). The van der Waals surface area contributed by atoms with Gasteiger partial charge in [0.25, 0.3) is 0 Å². The maximum atomic E-state index is 14.0. The summed E-state index contributed by atoms with van der Waals surface area (Å²) < 4.78 is 16.2. The number of nitrogens with one attached hydrogen (secondary N) is 2. The molecule has 0 saturated carbocycles. The lowest BCUT2D eigenvalue weighted by molar-refractivity contribution is -0.174. The number of esters is 1. The molecule has 3 unspecified atom stereocenters. The number of carbonyl (C=O) groups excluding carboxylic acids is 3. The van der Waals surface area contributed by atoms with Crippen LogP contribution in [-0.4, -0.2) is 63.1 Å². The van der Waals surface area contributed by atoms with E-state index in [0.717, 1.165) is 4.90 Å². The average molecular weight is 622 g/mol. The van der Waals surface area contributed by atoms with Crippen LogP contribution in [0, 0.1) is 0 Å². The van der Waals surface area contributed by atoms with Crippen molar-refractivity contribution in [1.29, 1.82) is 0 Å². The molecular formula is C32H35N3O10. The number of rotatable bonds is 15. The van der Waals surface area contributed by atoms with Crippen LogP contribution in [0.15, 0.2) is 91.0 Å². The van der Waals surface area contributed by atoms with E-state index in [0.29, 0.717) is 0 Å². The molecule has 0 aliphatic rings. The lowest BCUT2D eigenvalue weighted by Crippen LogP contribution is -2.72. The normalized spacial score (nSPS) is 13.4. The Morgan fingerprint density at radius 2 is 1.04 bits per heavy atom. The number of carboxylic acids is 2. The van der Waals surface area contributed by atoms with Gasteiger partial charge in [-0.25, -0.2) is 24.1 Å². The molecule has 0 fully saturated rings. The van der Waals surface area contributed by atoms with Crippen LogP contribution in [0.4, 0.5) is 9.59 Å². The number of benzene rings is 3. The monoisotopic (exact) mass is 621 g/mol. The first kappa shape index (κ1) is 34.1. The number of carboxylic acid groups (broad SMARTS) is 2. The van der Waals surface area contributed by atoms with Crippen LogP contribution in [0.25, 0.3) is 0 Å². The summed E-state index contributed by atoms with van der Waals surface area (Å²) in [6.07, 6.45) is -6.20. The van der Waals surface area contributed by atoms with Crippen molar-refractivity contribution < 1.29 is 48.4 Å². The zero-order chi connectivity index (χ0) is 32.8. The van der Waals surface area contributed by atoms with Crippen LogP contribution in [0.5, 0.6) is 17.2 Å². The Morgan fingerprint density at radius 1 is 0.667 bits per heavy atom. The van der Waals surface area contributed by atoms with Crippen LogP contribution in [0.3, 0.4) is 0 Å². The minimum Gasteiger partial charge on any atom is -0.481 e. The summed E-state index contributed by atoms with van der Waals surface area (Å²) in [5.41, 5.74) is -2.74. The predicted octanol–water partition coefficient (Wildman–Crippen LogP) is 4.63. The minimum absolute atomic E-state index is 0.00242. The van der Waals surface area contributed by atoms with Gasteiger partial charge in [0, 0.05) is 6.42 Å². The molecule has 4 N–H and O–H groups in total. The van der Waals surface area contributed by atoms with E-state index in [1.807, 2.05) is 0 Å². The van der Waals surface area contributed by atoms with Crippen LogP contribution in [-0.2, 0) is 14.4 Å². The van der Waals surface area contributed by atoms with E-state index in [2.05, 4.69) is 10.6 Å². The number of aliphatic carboxylic acids is 2. The highest BCUT2D eigenvalue weighted by Gasteiger charge is 2.57. The van der Waals surface area contributed by atoms with Gasteiger partial charge in [0.1, 0.15) is 17.2 Å². The molecule has 0 radical (unpaired) electrons. The standard InChI is InChI=1S/C32H35N3O10/c1-3-25(33-30(41)44-23-16-10-6-11-17-23)35(26(4-2)34-31(42)45-24-18-12-7-13-19-24)32(28(38)39,21-20-27(36)37)29(40)43-22-14-8-5-9-15-22/h5-19,25-26H,3-4,20-21H2,1-2H3,(H,33,41)(H,34,42)(H,36,37)(H,38,39). The van der Waals surface area contributed by atoms with E-state index in [-0.39, 0.29) is 30.1 Å². The van der Waals surface area contributed by atoms with Crippen molar-refractivity contribution in [3.63, 3.8) is 0 Å². The summed E-state index contributed by atoms with van der Waals surface area (Å²) in [5.74, 6) is -4.12. The van der Waals surface area contributed by atoms with Crippen molar-refractivity contribution in [3.8, 4) is 17.2 Å². The SMILES string of the molecule is CCC(NC(=O)Oc1ccccc1)N(C(CC)NC(=O)Oc1ccccc1)C(CCC(=O)O)(C(=O)O)C(=O)Oc1ccccc1. The van der Waals surface area contributed by atoms with Gasteiger partial charge in [-0.1, -0.05) is 68.4 Å². The van der Waals surface area contributed by atoms with Gasteiger partial charge in [-0.05, 0) is 55.7 Å². The lowest BCUT2D eigenvalue weighted by atomic mass is 9.88. The Labute approximate surface area is 259 Å². The summed E-state index contributed by atoms with van der Waals surface area (Å²) >= 11 is 0. The van der Waals surface area contributed by atoms with E-state index < -0.39 is 60.8 Å². The second-order valence-electron chi connectivity index (χ2n) is 9.71. The summed E-state index contributed by atoms with van der Waals surface area (Å²) in [5, 5.41) is 25.5. The minimum atomic E-state index is -2.74. The Hall–Kier alpha value is -5.43. The molecular weight excluding hydrogens is 586 g/mol. The van der Waals surface area contributed by atoms with E-state index in [1.54, 1.807) is 68.4 Å². The van der Waals surface area contributed by atoms with E-state index in [9.17, 15) is 34.2 Å². The van der Waals surface area contributed by atoms with E-state index in [4.69, 9.17) is 14.2 Å². The maximum Gasteiger partial charge on any atom is 0.413 e. The van der Waals surface area contributed by atoms with Gasteiger partial charge in [0.2, 0.25) is 5.54 Å². The molecule has 0 saturated heterocycles. The summed E-state index contributed by atoms with van der Waals surface area (Å²) in [6, 6.07) is 23.7. The molecule has 0 aliphatic carbocycles. The summed E-state index contributed by atoms with van der Waals surface area (Å²) in [6.45, 7) is 3.20. The molecule has 3 aromatic carbocycles. The zero-order valence-electron chi connectivity index (χ0n) is 24.8. The topological polar surface area (TPSA) is 181 Å². The highest BCUT2D eigenvalue weighted by atomic mass is 16.6. The molecule has 0 spiro atoms. The smallest absolute Gasteiger partial charge is 0.413 e. The van der Waals surface area contributed by atoms with Gasteiger partial charge in [0.05, 0.1) is 12.3 Å². The molecule has 13 heteroatoms. The molecule has 45 heavy (non-hydrogen) atoms. The van der Waals surface area contributed by atoms with E-state index >= 15 is 0 Å². The molecule has 0 bridgehead atoms. The van der Waals surface area contributed by atoms with Gasteiger partial charge < -0.3 is 35.1 Å². The number of amides is 2. The fourth-order valence-electron chi connectivity index (χ4n) is 4.62. The van der Waals surface area contributed by atoms with Gasteiger partial charge in [0.15, 0.2) is 0 Å². The van der Waals surface area contributed by atoms with Gasteiger partial charge >= 0.3 is 30.1 Å². The number of hydrogen-bond acceptors (Lipinski definition) is 9. The Morgan fingerprint density at radius 3 is 1.38 bits per heavy atom. The van der Waals surface area contributed by atoms with E-state index in [1.165, 1.54) is 36.4 Å². The molecule has 2 amide bonds. The third-order valence-electron chi connectivity index (χ3n) is 6.71. The van der Waals surface area contributed by atoms with Crippen LogP contribution >= 0.6 is 0 Å². The molecule has 0 aliphatic heterocycles. The van der Waals surface area contributed by atoms with Crippen LogP contribution in [0.1, 0.15) is 39.5 Å². The molecule has 0 aromatic heterocycles. The maximum absolute atomic E-state index is 14.0. The Kier molecular flexibility index (Phi) is 12.4. The first-order chi connectivity index (χ1) is 21.6. The molecule has 13 nitrogen and oxygen atoms in total. The molecule has 0 heterocycles. The van der Waals surface area contributed by atoms with Crippen LogP contribution < -0.4 is 24.8 Å². The molecule has 238 valence electrons. The number of ether oxygens (including phenoxy) is 3. The highest BCUT2D eigenvalue weighted by molar-refractivity contribution is 6.05. The second kappa shape index (κ2) is 16.4. The number of hydrogen-bond donors (Lipinski definition) is 4. The lowest BCUT2D eigenvalue weighted by Gasteiger charge is -2.46. The van der Waals surface area contributed by atoms with Crippen molar-refractivity contribution >= 4 is 30.1 Å². The number of para-hydroxylation sites is 3. The van der Waals surface area contributed by atoms with Gasteiger partial charge in [-0.3, -0.25) is 4.79 Å². The van der Waals surface area contributed by atoms with Gasteiger partial charge in [-0.15, -0.1) is 0 Å². The molecule has 3 atom stereocenters. The first-order valence-corrected chi connectivity index (χ1v) is 14.2. The van der Waals surface area contributed by atoms with Gasteiger partial charge in [-0.2, -0.15) is 0 Å². The third kappa shape index (κ3) is 9.28. The highest BCUT2D eigenvalue weighted by Crippen LogP contribution is 2.31. The molecule has 3 aromatic rings.